The molecule has 4 saturated carbocycles. The van der Waals surface area contributed by atoms with E-state index in [1.165, 1.54) is 25.7 Å². The topological polar surface area (TPSA) is 26.0 Å². The molecule has 4 aliphatic carbocycles. The van der Waals surface area contributed by atoms with Crippen LogP contribution in [0.25, 0.3) is 0 Å². The molecule has 8 atom stereocenters. The molecule has 0 aliphatic heterocycles. The largest absolute Gasteiger partial charge is 0.325 e. The van der Waals surface area contributed by atoms with Crippen molar-refractivity contribution in [2.75, 3.05) is 0 Å². The molecule has 0 aromatic rings. The van der Waals surface area contributed by atoms with Gasteiger partial charge in [0, 0.05) is 5.54 Å². The Kier molecular flexibility index (Phi) is 1.77. The van der Waals surface area contributed by atoms with Gasteiger partial charge in [0.1, 0.15) is 0 Å². The van der Waals surface area contributed by atoms with Crippen LogP contribution >= 0.6 is 0 Å². The maximum Gasteiger partial charge on any atom is 0.0217 e. The lowest BCUT2D eigenvalue weighted by Crippen LogP contribution is -2.85. The fourth-order valence-electron chi connectivity index (χ4n) is 7.71. The highest BCUT2D eigenvalue weighted by Gasteiger charge is 2.88. The SMILES string of the molecule is CC1CC2(C(C)CC23C(C)CC32CC2C)C1(C)N. The normalized spacial score (nSPS) is 73.0. The highest BCUT2D eigenvalue weighted by atomic mass is 15.0. The molecule has 0 saturated heterocycles. The van der Waals surface area contributed by atoms with E-state index in [0.29, 0.717) is 10.8 Å². The van der Waals surface area contributed by atoms with Gasteiger partial charge in [0.2, 0.25) is 0 Å². The second kappa shape index (κ2) is 2.71. The summed E-state index contributed by atoms with van der Waals surface area (Å²) in [6.45, 7) is 12.2. The zero-order chi connectivity index (χ0) is 13.1. The average molecular weight is 247 g/mol. The van der Waals surface area contributed by atoms with Crippen molar-refractivity contribution in [1.29, 1.82) is 0 Å². The van der Waals surface area contributed by atoms with Crippen molar-refractivity contribution in [2.45, 2.75) is 65.8 Å². The molecule has 2 N–H and O–H groups in total. The van der Waals surface area contributed by atoms with Crippen LogP contribution in [0.2, 0.25) is 0 Å². The Hall–Kier alpha value is -0.0400. The van der Waals surface area contributed by atoms with Gasteiger partial charge >= 0.3 is 0 Å². The van der Waals surface area contributed by atoms with Crippen molar-refractivity contribution in [3.63, 3.8) is 0 Å². The van der Waals surface area contributed by atoms with E-state index >= 15 is 0 Å². The molecule has 1 heteroatoms. The zero-order valence-electron chi connectivity index (χ0n) is 12.7. The summed E-state index contributed by atoms with van der Waals surface area (Å²) in [5.41, 5.74) is 8.77. The van der Waals surface area contributed by atoms with E-state index in [1.807, 2.05) is 0 Å². The summed E-state index contributed by atoms with van der Waals surface area (Å²) in [5.74, 6) is 3.48. The molecule has 0 bridgehead atoms. The molecule has 4 aliphatic rings. The first kappa shape index (κ1) is 11.8. The standard InChI is InChI=1S/C17H29N/c1-10-8-16(14(10,5)18)13(4)9-17(16)12(3)7-15(17)6-11(15)2/h10-13H,6-9,18H2,1-5H3. The van der Waals surface area contributed by atoms with Gasteiger partial charge in [-0.05, 0) is 72.5 Å². The Bertz CT molecular complexity index is 413. The van der Waals surface area contributed by atoms with E-state index in [9.17, 15) is 0 Å². The van der Waals surface area contributed by atoms with Crippen molar-refractivity contribution >= 4 is 0 Å². The van der Waals surface area contributed by atoms with Gasteiger partial charge in [0.25, 0.3) is 0 Å². The van der Waals surface area contributed by atoms with Gasteiger partial charge in [-0.1, -0.05) is 27.7 Å². The van der Waals surface area contributed by atoms with Crippen molar-refractivity contribution in [3.8, 4) is 0 Å². The highest BCUT2D eigenvalue weighted by Crippen LogP contribution is 2.92. The third-order valence-electron chi connectivity index (χ3n) is 8.73. The van der Waals surface area contributed by atoms with Gasteiger partial charge in [-0.2, -0.15) is 0 Å². The van der Waals surface area contributed by atoms with Gasteiger partial charge in [0.15, 0.2) is 0 Å². The summed E-state index contributed by atoms with van der Waals surface area (Å²) in [5, 5.41) is 0. The second-order valence-electron chi connectivity index (χ2n) is 8.80. The third kappa shape index (κ3) is 0.751. The van der Waals surface area contributed by atoms with Crippen LogP contribution in [0, 0.1) is 39.9 Å². The Morgan fingerprint density at radius 2 is 1.22 bits per heavy atom. The van der Waals surface area contributed by atoms with Crippen LogP contribution in [0.5, 0.6) is 0 Å². The lowest BCUT2D eigenvalue weighted by Gasteiger charge is -2.85. The smallest absolute Gasteiger partial charge is 0.0217 e. The van der Waals surface area contributed by atoms with Gasteiger partial charge in [-0.15, -0.1) is 0 Å². The second-order valence-corrected chi connectivity index (χ2v) is 8.80. The number of hydrogen-bond donors (Lipinski definition) is 1. The van der Waals surface area contributed by atoms with E-state index in [2.05, 4.69) is 34.6 Å². The van der Waals surface area contributed by atoms with E-state index < -0.39 is 0 Å². The summed E-state index contributed by atoms with van der Waals surface area (Å²) < 4.78 is 0. The molecule has 0 amide bonds. The number of nitrogens with two attached hydrogens (primary N) is 1. The van der Waals surface area contributed by atoms with Gasteiger partial charge in [-0.3, -0.25) is 0 Å². The lowest BCUT2D eigenvalue weighted by molar-refractivity contribution is -0.355. The summed E-state index contributed by atoms with van der Waals surface area (Å²) in [4.78, 5) is 0. The summed E-state index contributed by atoms with van der Waals surface area (Å²) >= 11 is 0. The molecule has 4 rings (SSSR count). The molecule has 0 heterocycles. The maximum absolute atomic E-state index is 6.84. The van der Waals surface area contributed by atoms with Crippen molar-refractivity contribution in [2.24, 2.45) is 45.7 Å². The minimum Gasteiger partial charge on any atom is -0.325 e. The molecular formula is C17H29N. The summed E-state index contributed by atoms with van der Waals surface area (Å²) in [6.07, 6.45) is 5.86. The number of rotatable bonds is 0. The van der Waals surface area contributed by atoms with E-state index in [-0.39, 0.29) is 5.54 Å². The fraction of sp³-hybridized carbons (Fsp3) is 1.00. The van der Waals surface area contributed by atoms with Crippen molar-refractivity contribution in [1.82, 2.24) is 0 Å². The van der Waals surface area contributed by atoms with Crippen molar-refractivity contribution < 1.29 is 0 Å². The molecule has 8 unspecified atom stereocenters. The molecule has 3 spiro atoms. The average Bonchev–Trinajstić information content (AvgIpc) is 2.95. The van der Waals surface area contributed by atoms with E-state index in [1.54, 1.807) is 0 Å². The summed E-state index contributed by atoms with van der Waals surface area (Å²) in [7, 11) is 0. The third-order valence-corrected chi connectivity index (χ3v) is 8.73. The first-order valence-electron chi connectivity index (χ1n) is 8.05. The molecule has 4 fully saturated rings. The van der Waals surface area contributed by atoms with Crippen LogP contribution in [0.1, 0.15) is 60.3 Å². The van der Waals surface area contributed by atoms with Gasteiger partial charge < -0.3 is 5.73 Å². The van der Waals surface area contributed by atoms with Crippen molar-refractivity contribution in [3.05, 3.63) is 0 Å². The molecule has 0 radical (unpaired) electrons. The van der Waals surface area contributed by atoms with Gasteiger partial charge in [0.05, 0.1) is 0 Å². The van der Waals surface area contributed by atoms with E-state index in [0.717, 1.165) is 29.1 Å². The predicted octanol–water partition coefficient (Wildman–Crippen LogP) is 3.82. The highest BCUT2D eigenvalue weighted by molar-refractivity contribution is 5.38. The van der Waals surface area contributed by atoms with E-state index in [4.69, 9.17) is 5.73 Å². The Labute approximate surface area is 112 Å². The molecule has 1 nitrogen and oxygen atoms in total. The van der Waals surface area contributed by atoms with Crippen LogP contribution in [0.15, 0.2) is 0 Å². The molecular weight excluding hydrogens is 218 g/mol. The Morgan fingerprint density at radius 1 is 0.722 bits per heavy atom. The number of fused-ring (bicyclic) bond motifs is 2. The first-order chi connectivity index (χ1) is 8.26. The summed E-state index contributed by atoms with van der Waals surface area (Å²) in [6, 6.07) is 0. The van der Waals surface area contributed by atoms with Crippen LogP contribution < -0.4 is 5.73 Å². The van der Waals surface area contributed by atoms with Crippen LogP contribution in [-0.2, 0) is 0 Å². The fourth-order valence-corrected chi connectivity index (χ4v) is 7.71. The van der Waals surface area contributed by atoms with Crippen LogP contribution in [0.3, 0.4) is 0 Å². The van der Waals surface area contributed by atoms with Crippen LogP contribution in [-0.4, -0.2) is 5.54 Å². The Morgan fingerprint density at radius 3 is 1.56 bits per heavy atom. The molecule has 0 aromatic carbocycles. The molecule has 18 heavy (non-hydrogen) atoms. The molecule has 102 valence electrons. The zero-order valence-corrected chi connectivity index (χ0v) is 12.7. The van der Waals surface area contributed by atoms with Gasteiger partial charge in [-0.25, -0.2) is 0 Å². The number of hydrogen-bond acceptors (Lipinski definition) is 1. The maximum atomic E-state index is 6.84. The monoisotopic (exact) mass is 247 g/mol. The Balaban J connectivity index is 1.80. The van der Waals surface area contributed by atoms with Crippen LogP contribution in [0.4, 0.5) is 0 Å². The minimum atomic E-state index is 0.0919. The lowest BCUT2D eigenvalue weighted by atomic mass is 9.20. The first-order valence-corrected chi connectivity index (χ1v) is 8.05. The molecule has 0 aromatic heterocycles. The minimum absolute atomic E-state index is 0.0919. The quantitative estimate of drug-likeness (QED) is 0.692. The predicted molar refractivity (Wildman–Crippen MR) is 75.0 cm³/mol.